The zero-order chi connectivity index (χ0) is 14.8. The standard InChI is InChI=1S/C14H21N3O2S/c1-2-12(9-14(15)16)17-20(18,19)13-7-6-10-4-3-5-11(10)8-13/h6-8,12,17H,2-5,9H2,1H3,(H3,15,16). The first-order valence-electron chi connectivity index (χ1n) is 6.89. The molecule has 0 radical (unpaired) electrons. The predicted molar refractivity (Wildman–Crippen MR) is 79.4 cm³/mol. The van der Waals surface area contributed by atoms with E-state index in [9.17, 15) is 8.42 Å². The smallest absolute Gasteiger partial charge is 0.240 e. The molecule has 110 valence electrons. The molecular formula is C14H21N3O2S. The fraction of sp³-hybridized carbons (Fsp3) is 0.500. The monoisotopic (exact) mass is 295 g/mol. The minimum Gasteiger partial charge on any atom is -0.388 e. The Morgan fingerprint density at radius 2 is 2.10 bits per heavy atom. The van der Waals surface area contributed by atoms with Crippen LogP contribution in [0, 0.1) is 5.41 Å². The Bertz CT molecular complexity index is 611. The second kappa shape index (κ2) is 5.93. The third-order valence-electron chi connectivity index (χ3n) is 3.66. The van der Waals surface area contributed by atoms with Gasteiger partial charge in [0, 0.05) is 12.5 Å². The summed E-state index contributed by atoms with van der Waals surface area (Å²) >= 11 is 0. The molecule has 4 N–H and O–H groups in total. The molecule has 6 heteroatoms. The van der Waals surface area contributed by atoms with Gasteiger partial charge < -0.3 is 5.73 Å². The predicted octanol–water partition coefficient (Wildman–Crippen LogP) is 1.56. The summed E-state index contributed by atoms with van der Waals surface area (Å²) in [6.07, 6.45) is 3.91. The summed E-state index contributed by atoms with van der Waals surface area (Å²) < 4.78 is 27.4. The second-order valence-electron chi connectivity index (χ2n) is 5.24. The fourth-order valence-electron chi connectivity index (χ4n) is 2.54. The van der Waals surface area contributed by atoms with E-state index < -0.39 is 10.0 Å². The van der Waals surface area contributed by atoms with Crippen molar-refractivity contribution >= 4 is 15.9 Å². The van der Waals surface area contributed by atoms with Crippen molar-refractivity contribution in [3.05, 3.63) is 29.3 Å². The largest absolute Gasteiger partial charge is 0.388 e. The highest BCUT2D eigenvalue weighted by Crippen LogP contribution is 2.24. The van der Waals surface area contributed by atoms with E-state index in [0.29, 0.717) is 11.3 Å². The molecule has 0 aromatic heterocycles. The van der Waals surface area contributed by atoms with Crippen molar-refractivity contribution in [3.63, 3.8) is 0 Å². The number of amidine groups is 1. The first-order chi connectivity index (χ1) is 9.42. The van der Waals surface area contributed by atoms with Crippen LogP contribution in [0.25, 0.3) is 0 Å². The van der Waals surface area contributed by atoms with Gasteiger partial charge in [-0.2, -0.15) is 0 Å². The first kappa shape index (κ1) is 15.0. The molecule has 1 aromatic carbocycles. The van der Waals surface area contributed by atoms with E-state index in [2.05, 4.69) is 4.72 Å². The van der Waals surface area contributed by atoms with E-state index in [0.717, 1.165) is 24.8 Å². The average molecular weight is 295 g/mol. The maximum absolute atomic E-state index is 12.4. The highest BCUT2D eigenvalue weighted by Gasteiger charge is 2.21. The van der Waals surface area contributed by atoms with E-state index in [4.69, 9.17) is 11.1 Å². The van der Waals surface area contributed by atoms with Gasteiger partial charge in [0.15, 0.2) is 0 Å². The van der Waals surface area contributed by atoms with Gasteiger partial charge in [-0.05, 0) is 48.9 Å². The lowest BCUT2D eigenvalue weighted by molar-refractivity contribution is 0.545. The maximum atomic E-state index is 12.4. The number of rotatable bonds is 6. The number of benzene rings is 1. The third kappa shape index (κ3) is 3.37. The Morgan fingerprint density at radius 3 is 2.75 bits per heavy atom. The summed E-state index contributed by atoms with van der Waals surface area (Å²) in [6.45, 7) is 1.87. The summed E-state index contributed by atoms with van der Waals surface area (Å²) in [5, 5.41) is 7.28. The van der Waals surface area contributed by atoms with Gasteiger partial charge in [0.05, 0.1) is 10.7 Å². The van der Waals surface area contributed by atoms with Crippen molar-refractivity contribution in [2.45, 2.75) is 50.0 Å². The van der Waals surface area contributed by atoms with Gasteiger partial charge in [0.1, 0.15) is 0 Å². The second-order valence-corrected chi connectivity index (χ2v) is 6.95. The number of sulfonamides is 1. The van der Waals surface area contributed by atoms with Gasteiger partial charge in [0.2, 0.25) is 10.0 Å². The quantitative estimate of drug-likeness (QED) is 0.549. The number of nitrogens with one attached hydrogen (secondary N) is 2. The highest BCUT2D eigenvalue weighted by atomic mass is 32.2. The first-order valence-corrected chi connectivity index (χ1v) is 8.37. The Hall–Kier alpha value is -1.40. The Morgan fingerprint density at radius 1 is 1.40 bits per heavy atom. The van der Waals surface area contributed by atoms with Crippen molar-refractivity contribution in [3.8, 4) is 0 Å². The molecular weight excluding hydrogens is 274 g/mol. The number of nitrogens with two attached hydrogens (primary N) is 1. The Balaban J connectivity index is 2.19. The molecule has 1 aromatic rings. The van der Waals surface area contributed by atoms with Crippen molar-refractivity contribution in [2.24, 2.45) is 5.73 Å². The lowest BCUT2D eigenvalue weighted by Crippen LogP contribution is -2.37. The molecule has 5 nitrogen and oxygen atoms in total. The molecule has 1 atom stereocenters. The van der Waals surface area contributed by atoms with Crippen LogP contribution in [-0.2, 0) is 22.9 Å². The van der Waals surface area contributed by atoms with Gasteiger partial charge in [-0.15, -0.1) is 0 Å². The van der Waals surface area contributed by atoms with Crippen LogP contribution in [0.15, 0.2) is 23.1 Å². The average Bonchev–Trinajstić information content (AvgIpc) is 2.84. The maximum Gasteiger partial charge on any atom is 0.240 e. The van der Waals surface area contributed by atoms with Crippen LogP contribution in [0.5, 0.6) is 0 Å². The van der Waals surface area contributed by atoms with Crippen molar-refractivity contribution in [1.82, 2.24) is 4.72 Å². The molecule has 0 saturated carbocycles. The third-order valence-corrected chi connectivity index (χ3v) is 5.18. The Kier molecular flexibility index (Phi) is 4.45. The number of hydrogen-bond acceptors (Lipinski definition) is 3. The highest BCUT2D eigenvalue weighted by molar-refractivity contribution is 7.89. The lowest BCUT2D eigenvalue weighted by atomic mass is 10.1. The molecule has 1 aliphatic carbocycles. The SMILES string of the molecule is CCC(CC(=N)N)NS(=O)(=O)c1ccc2c(c1)CCC2. The molecule has 0 saturated heterocycles. The van der Waals surface area contributed by atoms with Gasteiger partial charge >= 0.3 is 0 Å². The summed E-state index contributed by atoms with van der Waals surface area (Å²) in [5.74, 6) is -0.00602. The van der Waals surface area contributed by atoms with Gasteiger partial charge in [0.25, 0.3) is 0 Å². The van der Waals surface area contributed by atoms with E-state index in [1.807, 2.05) is 13.0 Å². The molecule has 1 unspecified atom stereocenters. The molecule has 0 bridgehead atoms. The van der Waals surface area contributed by atoms with Crippen LogP contribution in [-0.4, -0.2) is 20.3 Å². The van der Waals surface area contributed by atoms with E-state index in [-0.39, 0.29) is 18.3 Å². The molecule has 0 spiro atoms. The van der Waals surface area contributed by atoms with Gasteiger partial charge in [-0.1, -0.05) is 13.0 Å². The van der Waals surface area contributed by atoms with Crippen LogP contribution in [0.4, 0.5) is 0 Å². The minimum atomic E-state index is -3.54. The lowest BCUT2D eigenvalue weighted by Gasteiger charge is -2.16. The van der Waals surface area contributed by atoms with Crippen LogP contribution in [0.2, 0.25) is 0 Å². The number of fused-ring (bicyclic) bond motifs is 1. The zero-order valence-electron chi connectivity index (χ0n) is 11.6. The molecule has 0 aliphatic heterocycles. The van der Waals surface area contributed by atoms with Crippen LogP contribution < -0.4 is 10.5 Å². The molecule has 2 rings (SSSR count). The van der Waals surface area contributed by atoms with Crippen LogP contribution in [0.1, 0.15) is 37.3 Å². The van der Waals surface area contributed by atoms with Crippen LogP contribution in [0.3, 0.4) is 0 Å². The normalized spacial score (nSPS) is 15.8. The molecule has 0 fully saturated rings. The van der Waals surface area contributed by atoms with Crippen molar-refractivity contribution in [2.75, 3.05) is 0 Å². The van der Waals surface area contributed by atoms with Gasteiger partial charge in [-0.25, -0.2) is 13.1 Å². The van der Waals surface area contributed by atoms with E-state index in [1.54, 1.807) is 12.1 Å². The molecule has 0 heterocycles. The topological polar surface area (TPSA) is 96.0 Å². The number of aryl methyl sites for hydroxylation is 2. The molecule has 0 amide bonds. The van der Waals surface area contributed by atoms with Crippen molar-refractivity contribution < 1.29 is 8.42 Å². The zero-order valence-corrected chi connectivity index (χ0v) is 12.5. The fourth-order valence-corrected chi connectivity index (χ4v) is 3.91. The van der Waals surface area contributed by atoms with E-state index in [1.165, 1.54) is 5.56 Å². The molecule has 20 heavy (non-hydrogen) atoms. The van der Waals surface area contributed by atoms with E-state index >= 15 is 0 Å². The minimum absolute atomic E-state index is 0.00602. The summed E-state index contributed by atoms with van der Waals surface area (Å²) in [7, 11) is -3.54. The molecule has 1 aliphatic rings. The summed E-state index contributed by atoms with van der Waals surface area (Å²) in [4.78, 5) is 0.306. The van der Waals surface area contributed by atoms with Crippen molar-refractivity contribution in [1.29, 1.82) is 5.41 Å². The van der Waals surface area contributed by atoms with Crippen LogP contribution >= 0.6 is 0 Å². The number of hydrogen-bond donors (Lipinski definition) is 3. The summed E-state index contributed by atoms with van der Waals surface area (Å²) in [5.41, 5.74) is 7.73. The van der Waals surface area contributed by atoms with Gasteiger partial charge in [-0.3, -0.25) is 5.41 Å². The Labute approximate surface area is 120 Å². The summed E-state index contributed by atoms with van der Waals surface area (Å²) in [6, 6.07) is 5.01.